The van der Waals surface area contributed by atoms with Gasteiger partial charge in [0.25, 0.3) is 0 Å². The molecule has 8 heteroatoms. The Balaban J connectivity index is 2.50. The third-order valence-corrected chi connectivity index (χ3v) is 5.11. The number of aryl methyl sites for hydroxylation is 1. The molecule has 31 heavy (non-hydrogen) atoms. The van der Waals surface area contributed by atoms with Crippen molar-refractivity contribution in [2.24, 2.45) is 0 Å². The van der Waals surface area contributed by atoms with Crippen LogP contribution in [0.5, 0.6) is 17.2 Å². The van der Waals surface area contributed by atoms with Crippen LogP contribution in [0, 0.1) is 0 Å². The summed E-state index contributed by atoms with van der Waals surface area (Å²) in [6.45, 7) is 5.97. The quantitative estimate of drug-likeness (QED) is 0.455. The number of halogens is 1. The van der Waals surface area contributed by atoms with Crippen LogP contribution in [0.2, 0.25) is 0 Å². The fourth-order valence-corrected chi connectivity index (χ4v) is 3.65. The number of pyridine rings is 1. The van der Waals surface area contributed by atoms with Crippen LogP contribution < -0.4 is 20.3 Å². The van der Waals surface area contributed by atoms with Gasteiger partial charge in [-0.1, -0.05) is 18.2 Å². The summed E-state index contributed by atoms with van der Waals surface area (Å²) in [5.74, 6) is -0.273. The first-order chi connectivity index (χ1) is 14.9. The molecule has 7 nitrogen and oxygen atoms in total. The number of benzene rings is 1. The summed E-state index contributed by atoms with van der Waals surface area (Å²) in [6, 6.07) is 11.5. The van der Waals surface area contributed by atoms with E-state index in [2.05, 4.69) is 15.9 Å². The number of ether oxygens (including phenoxy) is 3. The second kappa shape index (κ2) is 9.78. The molecule has 0 spiro atoms. The molecule has 0 unspecified atom stereocenters. The zero-order chi connectivity index (χ0) is 22.5. The summed E-state index contributed by atoms with van der Waals surface area (Å²) in [5.41, 5.74) is -0.518. The zero-order valence-electron chi connectivity index (χ0n) is 17.4. The fraction of sp³-hybridized carbons (Fsp3) is 0.261. The maximum absolute atomic E-state index is 13.2. The topological polar surface area (TPSA) is 83.8 Å². The lowest BCUT2D eigenvalue weighted by atomic mass is 10.2. The molecular weight excluding hydrogens is 466 g/mol. The molecule has 3 aromatic rings. The number of hydrogen-bond acceptors (Lipinski definition) is 6. The van der Waals surface area contributed by atoms with Gasteiger partial charge in [0.2, 0.25) is 11.2 Å². The Labute approximate surface area is 187 Å². The van der Waals surface area contributed by atoms with Crippen LogP contribution in [0.25, 0.3) is 10.9 Å². The van der Waals surface area contributed by atoms with Gasteiger partial charge in [-0.3, -0.25) is 9.59 Å². The molecule has 0 saturated carbocycles. The van der Waals surface area contributed by atoms with E-state index in [0.29, 0.717) is 17.8 Å². The number of aromatic nitrogens is 1. The predicted molar refractivity (Wildman–Crippen MR) is 121 cm³/mol. The number of rotatable bonds is 7. The second-order valence-corrected chi connectivity index (χ2v) is 7.30. The van der Waals surface area contributed by atoms with Crippen molar-refractivity contribution in [3.05, 3.63) is 73.1 Å². The third kappa shape index (κ3) is 4.49. The average molecular weight is 488 g/mol. The molecule has 0 fully saturated rings. The van der Waals surface area contributed by atoms with E-state index in [1.807, 2.05) is 13.0 Å². The first-order valence-electron chi connectivity index (χ1n) is 9.90. The molecule has 0 bridgehead atoms. The highest BCUT2D eigenvalue weighted by atomic mass is 79.9. The van der Waals surface area contributed by atoms with Gasteiger partial charge in [-0.25, -0.2) is 4.79 Å². The second-order valence-electron chi connectivity index (χ2n) is 6.45. The molecule has 3 rings (SSSR count). The zero-order valence-corrected chi connectivity index (χ0v) is 19.0. The number of para-hydroxylation sites is 1. The summed E-state index contributed by atoms with van der Waals surface area (Å²) >= 11 is 3.29. The summed E-state index contributed by atoms with van der Waals surface area (Å²) in [4.78, 5) is 38.8. The Hall–Kier alpha value is -3.13. The summed E-state index contributed by atoms with van der Waals surface area (Å²) in [5, 5.41) is 0.130. The van der Waals surface area contributed by atoms with E-state index in [9.17, 15) is 14.4 Å². The largest absolute Gasteiger partial charge is 0.487 e. The lowest BCUT2D eigenvalue weighted by molar-refractivity contribution is 0.0513. The van der Waals surface area contributed by atoms with Crippen LogP contribution in [0.4, 0.5) is 0 Å². The van der Waals surface area contributed by atoms with Crippen LogP contribution in [0.3, 0.4) is 0 Å². The number of fused-ring (bicyclic) bond motifs is 1. The summed E-state index contributed by atoms with van der Waals surface area (Å²) in [6.07, 6.45) is 0. The molecule has 0 saturated heterocycles. The van der Waals surface area contributed by atoms with Crippen molar-refractivity contribution in [1.82, 2.24) is 4.57 Å². The molecule has 0 N–H and O–H groups in total. The number of hydrogen-bond donors (Lipinski definition) is 0. The molecule has 0 amide bonds. The van der Waals surface area contributed by atoms with Crippen LogP contribution >= 0.6 is 15.9 Å². The van der Waals surface area contributed by atoms with Crippen molar-refractivity contribution < 1.29 is 19.0 Å². The van der Waals surface area contributed by atoms with E-state index in [0.717, 1.165) is 0 Å². The minimum absolute atomic E-state index is 0.00126. The van der Waals surface area contributed by atoms with Crippen LogP contribution in [-0.2, 0) is 11.3 Å². The first-order valence-corrected chi connectivity index (χ1v) is 10.7. The van der Waals surface area contributed by atoms with E-state index < -0.39 is 16.8 Å². The third-order valence-electron chi connectivity index (χ3n) is 4.52. The van der Waals surface area contributed by atoms with Crippen molar-refractivity contribution in [1.29, 1.82) is 0 Å². The molecule has 2 aromatic carbocycles. The highest BCUT2D eigenvalue weighted by molar-refractivity contribution is 9.10. The van der Waals surface area contributed by atoms with E-state index in [1.165, 1.54) is 12.1 Å². The molecule has 0 aliphatic rings. The molecule has 162 valence electrons. The van der Waals surface area contributed by atoms with Crippen LogP contribution in [-0.4, -0.2) is 23.8 Å². The van der Waals surface area contributed by atoms with Crippen molar-refractivity contribution >= 4 is 32.8 Å². The first kappa shape index (κ1) is 22.6. The van der Waals surface area contributed by atoms with Crippen molar-refractivity contribution in [2.75, 3.05) is 13.2 Å². The Morgan fingerprint density at radius 1 is 1.00 bits per heavy atom. The van der Waals surface area contributed by atoms with Crippen molar-refractivity contribution in [3.8, 4) is 17.2 Å². The smallest absolute Gasteiger partial charge is 0.355 e. The highest BCUT2D eigenvalue weighted by Crippen LogP contribution is 2.35. The molecule has 0 aliphatic carbocycles. The normalized spacial score (nSPS) is 10.7. The fourth-order valence-electron chi connectivity index (χ4n) is 3.25. The van der Waals surface area contributed by atoms with Gasteiger partial charge < -0.3 is 18.8 Å². The number of esters is 1. The van der Waals surface area contributed by atoms with Gasteiger partial charge in [-0.05, 0) is 54.9 Å². The molecule has 1 heterocycles. The molecule has 0 atom stereocenters. The molecule has 0 aliphatic heterocycles. The summed E-state index contributed by atoms with van der Waals surface area (Å²) in [7, 11) is 0. The van der Waals surface area contributed by atoms with Gasteiger partial charge in [0.05, 0.1) is 28.6 Å². The Kier molecular flexibility index (Phi) is 7.12. The van der Waals surface area contributed by atoms with Crippen LogP contribution in [0.15, 0.2) is 56.5 Å². The molecule has 1 aromatic heterocycles. The standard InChI is InChI=1S/C23H22BrNO6/c1-4-25-16-12-15(24)20(27)22(29-5-2)21(31-14-10-8-7-9-11-14)19(16)18(26)13-17(25)23(28)30-6-3/h7-13H,4-6H2,1-3H3. The predicted octanol–water partition coefficient (Wildman–Crippen LogP) is 4.51. The van der Waals surface area contributed by atoms with Gasteiger partial charge in [0, 0.05) is 12.6 Å². The highest BCUT2D eigenvalue weighted by Gasteiger charge is 2.23. The Morgan fingerprint density at radius 3 is 2.32 bits per heavy atom. The maximum Gasteiger partial charge on any atom is 0.355 e. The Bertz CT molecular complexity index is 1240. The van der Waals surface area contributed by atoms with Gasteiger partial charge in [0.1, 0.15) is 11.4 Å². The Morgan fingerprint density at radius 2 is 1.71 bits per heavy atom. The van der Waals surface area contributed by atoms with Crippen LogP contribution in [0.1, 0.15) is 31.3 Å². The van der Waals surface area contributed by atoms with E-state index in [1.54, 1.807) is 42.7 Å². The van der Waals surface area contributed by atoms with Gasteiger partial charge in [0.15, 0.2) is 11.2 Å². The van der Waals surface area contributed by atoms with E-state index in [-0.39, 0.29) is 40.3 Å². The lowest BCUT2D eigenvalue weighted by Gasteiger charge is -2.15. The maximum atomic E-state index is 13.2. The van der Waals surface area contributed by atoms with Gasteiger partial charge in [-0.2, -0.15) is 0 Å². The van der Waals surface area contributed by atoms with Crippen molar-refractivity contribution in [2.45, 2.75) is 27.3 Å². The SMILES string of the molecule is CCOC(=O)c1cc(=O)c2c(Oc3ccccc3)c(OCC)c(=O)c(Br)cc2n1CC. The van der Waals surface area contributed by atoms with E-state index >= 15 is 0 Å². The van der Waals surface area contributed by atoms with Gasteiger partial charge in [-0.15, -0.1) is 0 Å². The number of carbonyl (C=O) groups excluding carboxylic acids is 1. The lowest BCUT2D eigenvalue weighted by Crippen LogP contribution is -2.19. The van der Waals surface area contributed by atoms with Crippen molar-refractivity contribution in [3.63, 3.8) is 0 Å². The number of carbonyl (C=O) groups is 1. The molecule has 0 radical (unpaired) electrons. The minimum atomic E-state index is -0.621. The minimum Gasteiger partial charge on any atom is -0.487 e. The monoisotopic (exact) mass is 487 g/mol. The van der Waals surface area contributed by atoms with E-state index in [4.69, 9.17) is 14.2 Å². The number of nitrogens with zero attached hydrogens (tertiary/aromatic N) is 1. The average Bonchev–Trinajstić information content (AvgIpc) is 2.85. The molecular formula is C23H22BrNO6. The summed E-state index contributed by atoms with van der Waals surface area (Å²) < 4.78 is 18.6. The van der Waals surface area contributed by atoms with Gasteiger partial charge >= 0.3 is 5.97 Å².